The predicted molar refractivity (Wildman–Crippen MR) is 64.6 cm³/mol. The minimum atomic E-state index is -0.268. The Balaban J connectivity index is 2.62. The lowest BCUT2D eigenvalue weighted by Gasteiger charge is -2.11. The minimum Gasteiger partial charge on any atom is -0.469 e. The first-order chi connectivity index (χ1) is 7.54. The maximum Gasteiger partial charge on any atom is 0.305 e. The fourth-order valence-corrected chi connectivity index (χ4v) is 1.59. The highest BCUT2D eigenvalue weighted by Gasteiger charge is 2.10. The van der Waals surface area contributed by atoms with E-state index in [0.29, 0.717) is 16.5 Å². The molecule has 1 atom stereocenters. The van der Waals surface area contributed by atoms with E-state index in [-0.39, 0.29) is 18.4 Å². The van der Waals surface area contributed by atoms with Crippen LogP contribution in [-0.4, -0.2) is 13.1 Å². The van der Waals surface area contributed by atoms with E-state index >= 15 is 0 Å². The number of hydrogen-bond acceptors (Lipinski definition) is 3. The van der Waals surface area contributed by atoms with Gasteiger partial charge in [0.1, 0.15) is 0 Å². The van der Waals surface area contributed by atoms with Crippen LogP contribution in [0.2, 0.25) is 10.0 Å². The second-order valence-electron chi connectivity index (χ2n) is 3.39. The second kappa shape index (κ2) is 6.09. The molecule has 0 amide bonds. The quantitative estimate of drug-likeness (QED) is 0.849. The van der Waals surface area contributed by atoms with Gasteiger partial charge in [-0.05, 0) is 24.1 Å². The molecule has 0 aliphatic carbocycles. The zero-order valence-corrected chi connectivity index (χ0v) is 10.4. The van der Waals surface area contributed by atoms with Gasteiger partial charge in [-0.2, -0.15) is 0 Å². The van der Waals surface area contributed by atoms with Crippen LogP contribution in [0.4, 0.5) is 0 Å². The largest absolute Gasteiger partial charge is 0.469 e. The summed E-state index contributed by atoms with van der Waals surface area (Å²) in [7, 11) is 1.35. The molecular weight excluding hydrogens is 249 g/mol. The van der Waals surface area contributed by atoms with Crippen LogP contribution in [0.1, 0.15) is 24.4 Å². The molecule has 16 heavy (non-hydrogen) atoms. The summed E-state index contributed by atoms with van der Waals surface area (Å²) in [5, 5.41) is 0.957. The molecule has 0 saturated heterocycles. The van der Waals surface area contributed by atoms with Crippen molar-refractivity contribution in [1.29, 1.82) is 0 Å². The van der Waals surface area contributed by atoms with E-state index in [1.54, 1.807) is 18.2 Å². The minimum absolute atomic E-state index is 0.242. The smallest absolute Gasteiger partial charge is 0.305 e. The lowest BCUT2D eigenvalue weighted by molar-refractivity contribution is -0.140. The Morgan fingerprint density at radius 1 is 1.44 bits per heavy atom. The van der Waals surface area contributed by atoms with Gasteiger partial charge in [0, 0.05) is 12.5 Å². The number of carbonyl (C=O) groups excluding carboxylic acids is 1. The van der Waals surface area contributed by atoms with Gasteiger partial charge in [0.15, 0.2) is 0 Å². The highest BCUT2D eigenvalue weighted by Crippen LogP contribution is 2.26. The molecule has 1 aromatic rings. The van der Waals surface area contributed by atoms with Gasteiger partial charge in [-0.3, -0.25) is 4.79 Å². The normalized spacial score (nSPS) is 12.2. The second-order valence-corrected chi connectivity index (χ2v) is 4.21. The Kier molecular flexibility index (Phi) is 5.06. The summed E-state index contributed by atoms with van der Waals surface area (Å²) in [6.07, 6.45) is 0.808. The topological polar surface area (TPSA) is 52.3 Å². The van der Waals surface area contributed by atoms with Crippen LogP contribution in [0.15, 0.2) is 18.2 Å². The predicted octanol–water partition coefficient (Wildman–Crippen LogP) is 2.95. The molecule has 0 aliphatic rings. The van der Waals surface area contributed by atoms with Gasteiger partial charge in [-0.1, -0.05) is 29.3 Å². The van der Waals surface area contributed by atoms with Crippen molar-refractivity contribution in [1.82, 2.24) is 0 Å². The van der Waals surface area contributed by atoms with E-state index in [2.05, 4.69) is 4.74 Å². The fraction of sp³-hybridized carbons (Fsp3) is 0.364. The Morgan fingerprint density at radius 3 is 2.69 bits per heavy atom. The molecule has 0 fully saturated rings. The van der Waals surface area contributed by atoms with Crippen LogP contribution in [0.5, 0.6) is 0 Å². The summed E-state index contributed by atoms with van der Waals surface area (Å²) < 4.78 is 4.54. The average Bonchev–Trinajstić information content (AvgIpc) is 2.29. The molecular formula is C11H13Cl2NO2. The molecule has 0 aliphatic heterocycles. The van der Waals surface area contributed by atoms with E-state index in [1.165, 1.54) is 7.11 Å². The molecule has 0 heterocycles. The molecule has 0 saturated carbocycles. The number of halogens is 2. The van der Waals surface area contributed by atoms with Gasteiger partial charge in [0.25, 0.3) is 0 Å². The molecule has 0 spiro atoms. The van der Waals surface area contributed by atoms with Crippen LogP contribution in [-0.2, 0) is 9.53 Å². The maximum absolute atomic E-state index is 10.9. The number of benzene rings is 1. The SMILES string of the molecule is COC(=O)CCC(N)c1ccc(Cl)c(Cl)c1. The molecule has 1 rings (SSSR count). The van der Waals surface area contributed by atoms with E-state index in [9.17, 15) is 4.79 Å². The Bertz CT molecular complexity index is 382. The van der Waals surface area contributed by atoms with Crippen molar-refractivity contribution in [3.8, 4) is 0 Å². The van der Waals surface area contributed by atoms with Crippen molar-refractivity contribution >= 4 is 29.2 Å². The van der Waals surface area contributed by atoms with Crippen LogP contribution >= 0.6 is 23.2 Å². The van der Waals surface area contributed by atoms with Crippen molar-refractivity contribution in [3.05, 3.63) is 33.8 Å². The standard InChI is InChI=1S/C11H13Cl2NO2/c1-16-11(15)5-4-10(14)7-2-3-8(12)9(13)6-7/h2-3,6,10H,4-5,14H2,1H3. The maximum atomic E-state index is 10.9. The van der Waals surface area contributed by atoms with Gasteiger partial charge in [-0.25, -0.2) is 0 Å². The number of hydrogen-bond donors (Lipinski definition) is 1. The van der Waals surface area contributed by atoms with E-state index in [0.717, 1.165) is 5.56 Å². The molecule has 88 valence electrons. The van der Waals surface area contributed by atoms with Crippen LogP contribution in [0.3, 0.4) is 0 Å². The Hall–Kier alpha value is -0.770. The van der Waals surface area contributed by atoms with Gasteiger partial charge in [-0.15, -0.1) is 0 Å². The number of rotatable bonds is 4. The van der Waals surface area contributed by atoms with E-state index < -0.39 is 0 Å². The molecule has 2 N–H and O–H groups in total. The van der Waals surface area contributed by atoms with Crippen molar-refractivity contribution in [2.45, 2.75) is 18.9 Å². The van der Waals surface area contributed by atoms with Gasteiger partial charge in [0.05, 0.1) is 17.2 Å². The van der Waals surface area contributed by atoms with Gasteiger partial charge < -0.3 is 10.5 Å². The third-order valence-corrected chi connectivity index (χ3v) is 3.00. The van der Waals surface area contributed by atoms with Crippen molar-refractivity contribution in [2.24, 2.45) is 5.73 Å². The molecule has 0 aromatic heterocycles. The first-order valence-corrected chi connectivity index (χ1v) is 5.57. The van der Waals surface area contributed by atoms with Crippen molar-refractivity contribution in [3.63, 3.8) is 0 Å². The van der Waals surface area contributed by atoms with Crippen molar-refractivity contribution in [2.75, 3.05) is 7.11 Å². The number of carbonyl (C=O) groups is 1. The lowest BCUT2D eigenvalue weighted by Crippen LogP contribution is -2.13. The average molecular weight is 262 g/mol. The third-order valence-electron chi connectivity index (χ3n) is 2.26. The van der Waals surface area contributed by atoms with Crippen LogP contribution < -0.4 is 5.73 Å². The fourth-order valence-electron chi connectivity index (χ4n) is 1.29. The zero-order valence-electron chi connectivity index (χ0n) is 8.87. The van der Waals surface area contributed by atoms with Crippen LogP contribution in [0, 0.1) is 0 Å². The number of ether oxygens (including phenoxy) is 1. The summed E-state index contributed by atoms with van der Waals surface area (Å²) in [6, 6.07) is 4.97. The summed E-state index contributed by atoms with van der Waals surface area (Å²) >= 11 is 11.7. The zero-order chi connectivity index (χ0) is 12.1. The summed E-state index contributed by atoms with van der Waals surface area (Å²) in [5.41, 5.74) is 6.77. The lowest BCUT2D eigenvalue weighted by atomic mass is 10.0. The highest BCUT2D eigenvalue weighted by atomic mass is 35.5. The third kappa shape index (κ3) is 3.67. The first kappa shape index (κ1) is 13.3. The molecule has 0 radical (unpaired) electrons. The molecule has 3 nitrogen and oxygen atoms in total. The number of methoxy groups -OCH3 is 1. The van der Waals surface area contributed by atoms with Gasteiger partial charge in [0.2, 0.25) is 0 Å². The summed E-state index contributed by atoms with van der Waals surface area (Å²) in [4.78, 5) is 10.9. The monoisotopic (exact) mass is 261 g/mol. The van der Waals surface area contributed by atoms with Crippen molar-refractivity contribution < 1.29 is 9.53 Å². The summed E-state index contributed by atoms with van der Waals surface area (Å²) in [5.74, 6) is -0.268. The number of nitrogens with two attached hydrogens (primary N) is 1. The first-order valence-electron chi connectivity index (χ1n) is 4.82. The molecule has 0 bridgehead atoms. The highest BCUT2D eigenvalue weighted by molar-refractivity contribution is 6.42. The van der Waals surface area contributed by atoms with E-state index in [1.807, 2.05) is 0 Å². The number of esters is 1. The molecule has 1 aromatic carbocycles. The van der Waals surface area contributed by atoms with E-state index in [4.69, 9.17) is 28.9 Å². The Morgan fingerprint density at radius 2 is 2.12 bits per heavy atom. The van der Waals surface area contributed by atoms with Crippen LogP contribution in [0.25, 0.3) is 0 Å². The molecule has 1 unspecified atom stereocenters. The Labute approximate surface area is 104 Å². The van der Waals surface area contributed by atoms with Gasteiger partial charge >= 0.3 is 5.97 Å². The molecule has 5 heteroatoms. The summed E-state index contributed by atoms with van der Waals surface area (Å²) in [6.45, 7) is 0.